The van der Waals surface area contributed by atoms with Crippen molar-refractivity contribution >= 4 is 0 Å². The molecule has 0 aromatic rings. The van der Waals surface area contributed by atoms with Crippen molar-refractivity contribution in [3.63, 3.8) is 0 Å². The highest BCUT2D eigenvalue weighted by molar-refractivity contribution is 5.07. The van der Waals surface area contributed by atoms with Crippen LogP contribution in [0.25, 0.3) is 0 Å². The molecule has 0 saturated carbocycles. The molecule has 0 saturated heterocycles. The number of allylic oxidation sites excluding steroid dienone is 1. The van der Waals surface area contributed by atoms with Gasteiger partial charge >= 0.3 is 0 Å². The molecule has 0 heterocycles. The Hall–Kier alpha value is -0.300. The second-order valence-electron chi connectivity index (χ2n) is 5.57. The Balaban J connectivity index is 1.94. The average Bonchev–Trinajstić information content (AvgIpc) is 2.54. The second kappa shape index (κ2) is 5.55. The van der Waals surface area contributed by atoms with Gasteiger partial charge in [0.2, 0.25) is 0 Å². The third-order valence-electron chi connectivity index (χ3n) is 2.81. The van der Waals surface area contributed by atoms with E-state index in [1.807, 2.05) is 0 Å². The zero-order valence-electron chi connectivity index (χ0n) is 10.0. The fourth-order valence-corrected chi connectivity index (χ4v) is 1.80. The van der Waals surface area contributed by atoms with Crippen LogP contribution < -0.4 is 5.32 Å². The van der Waals surface area contributed by atoms with Crippen LogP contribution in [0.5, 0.6) is 0 Å². The van der Waals surface area contributed by atoms with E-state index in [1.165, 1.54) is 38.6 Å². The molecule has 0 bridgehead atoms. The Morgan fingerprint density at radius 1 is 1.29 bits per heavy atom. The SMILES string of the molecule is CC(C)(C)CCNCCC1=CCCC1. The van der Waals surface area contributed by atoms with E-state index < -0.39 is 0 Å². The largest absolute Gasteiger partial charge is 0.316 e. The van der Waals surface area contributed by atoms with Gasteiger partial charge in [-0.05, 0) is 50.6 Å². The van der Waals surface area contributed by atoms with Gasteiger partial charge in [0, 0.05) is 0 Å². The maximum Gasteiger partial charge on any atom is -0.00116 e. The maximum atomic E-state index is 3.53. The molecule has 0 amide bonds. The summed E-state index contributed by atoms with van der Waals surface area (Å²) < 4.78 is 0. The first-order valence-electron chi connectivity index (χ1n) is 5.96. The van der Waals surface area contributed by atoms with E-state index >= 15 is 0 Å². The molecule has 0 fully saturated rings. The Kier molecular flexibility index (Phi) is 4.67. The van der Waals surface area contributed by atoms with Gasteiger partial charge in [-0.15, -0.1) is 0 Å². The van der Waals surface area contributed by atoms with Crippen LogP contribution in [0.4, 0.5) is 0 Å². The van der Waals surface area contributed by atoms with Crippen molar-refractivity contribution in [1.29, 1.82) is 0 Å². The van der Waals surface area contributed by atoms with Crippen LogP contribution in [0.15, 0.2) is 11.6 Å². The molecule has 0 aromatic carbocycles. The van der Waals surface area contributed by atoms with Gasteiger partial charge in [-0.3, -0.25) is 0 Å². The summed E-state index contributed by atoms with van der Waals surface area (Å²) in [7, 11) is 0. The fraction of sp³-hybridized carbons (Fsp3) is 0.846. The molecule has 1 rings (SSSR count). The summed E-state index contributed by atoms with van der Waals surface area (Å²) in [6.45, 7) is 9.23. The van der Waals surface area contributed by atoms with Gasteiger partial charge in [0.1, 0.15) is 0 Å². The lowest BCUT2D eigenvalue weighted by Crippen LogP contribution is -2.21. The standard InChI is InChI=1S/C13H25N/c1-13(2,3)9-11-14-10-8-12-6-4-5-7-12/h6,14H,4-5,7-11H2,1-3H3. The molecule has 0 atom stereocenters. The molecule has 14 heavy (non-hydrogen) atoms. The van der Waals surface area contributed by atoms with E-state index in [-0.39, 0.29) is 0 Å². The van der Waals surface area contributed by atoms with Gasteiger partial charge in [0.25, 0.3) is 0 Å². The molecule has 0 unspecified atom stereocenters. The average molecular weight is 195 g/mol. The number of hydrogen-bond acceptors (Lipinski definition) is 1. The lowest BCUT2D eigenvalue weighted by Gasteiger charge is -2.18. The van der Waals surface area contributed by atoms with Gasteiger partial charge in [-0.25, -0.2) is 0 Å². The first-order chi connectivity index (χ1) is 6.58. The van der Waals surface area contributed by atoms with Crippen LogP contribution in [0.1, 0.15) is 52.9 Å². The molecule has 1 aliphatic rings. The molecule has 82 valence electrons. The Morgan fingerprint density at radius 2 is 2.07 bits per heavy atom. The van der Waals surface area contributed by atoms with E-state index in [2.05, 4.69) is 32.2 Å². The lowest BCUT2D eigenvalue weighted by molar-refractivity contribution is 0.367. The van der Waals surface area contributed by atoms with Gasteiger partial charge in [-0.2, -0.15) is 0 Å². The van der Waals surface area contributed by atoms with E-state index in [0.29, 0.717) is 5.41 Å². The van der Waals surface area contributed by atoms with Crippen LogP contribution in [-0.4, -0.2) is 13.1 Å². The summed E-state index contributed by atoms with van der Waals surface area (Å²) in [5.41, 5.74) is 2.15. The number of hydrogen-bond donors (Lipinski definition) is 1. The maximum absolute atomic E-state index is 3.53. The minimum absolute atomic E-state index is 0.472. The van der Waals surface area contributed by atoms with Crippen molar-refractivity contribution in [3.05, 3.63) is 11.6 Å². The van der Waals surface area contributed by atoms with E-state index in [0.717, 1.165) is 6.54 Å². The highest BCUT2D eigenvalue weighted by atomic mass is 14.8. The predicted molar refractivity (Wildman–Crippen MR) is 63.5 cm³/mol. The van der Waals surface area contributed by atoms with Crippen molar-refractivity contribution < 1.29 is 0 Å². The minimum atomic E-state index is 0.472. The van der Waals surface area contributed by atoms with Crippen LogP contribution in [0.3, 0.4) is 0 Å². The molecule has 0 spiro atoms. The topological polar surface area (TPSA) is 12.0 Å². The monoisotopic (exact) mass is 195 g/mol. The molecule has 1 aliphatic carbocycles. The Morgan fingerprint density at radius 3 is 2.64 bits per heavy atom. The molecule has 1 heteroatoms. The predicted octanol–water partition coefficient (Wildman–Crippen LogP) is 3.51. The first-order valence-corrected chi connectivity index (χ1v) is 5.96. The normalized spacial score (nSPS) is 17.2. The van der Waals surface area contributed by atoms with Crippen LogP contribution in [-0.2, 0) is 0 Å². The highest BCUT2D eigenvalue weighted by Crippen LogP contribution is 2.20. The second-order valence-corrected chi connectivity index (χ2v) is 5.57. The molecular weight excluding hydrogens is 170 g/mol. The van der Waals surface area contributed by atoms with Crippen LogP contribution in [0, 0.1) is 5.41 Å². The summed E-state index contributed by atoms with van der Waals surface area (Å²) in [4.78, 5) is 0. The first kappa shape index (κ1) is 11.8. The molecule has 0 aliphatic heterocycles. The lowest BCUT2D eigenvalue weighted by atomic mass is 9.92. The zero-order valence-corrected chi connectivity index (χ0v) is 10.0. The fourth-order valence-electron chi connectivity index (χ4n) is 1.80. The van der Waals surface area contributed by atoms with E-state index in [4.69, 9.17) is 0 Å². The van der Waals surface area contributed by atoms with Gasteiger partial charge in [0.15, 0.2) is 0 Å². The third-order valence-corrected chi connectivity index (χ3v) is 2.81. The molecule has 0 aromatic heterocycles. The Labute approximate surface area is 89.0 Å². The van der Waals surface area contributed by atoms with Gasteiger partial charge < -0.3 is 5.32 Å². The van der Waals surface area contributed by atoms with Crippen molar-refractivity contribution in [2.75, 3.05) is 13.1 Å². The van der Waals surface area contributed by atoms with Gasteiger partial charge in [-0.1, -0.05) is 32.4 Å². The quantitative estimate of drug-likeness (QED) is 0.523. The third kappa shape index (κ3) is 5.43. The number of nitrogens with one attached hydrogen (secondary N) is 1. The van der Waals surface area contributed by atoms with E-state index in [1.54, 1.807) is 5.57 Å². The summed E-state index contributed by atoms with van der Waals surface area (Å²) >= 11 is 0. The highest BCUT2D eigenvalue weighted by Gasteiger charge is 2.09. The molecule has 0 radical (unpaired) electrons. The molecular formula is C13H25N. The van der Waals surface area contributed by atoms with Crippen molar-refractivity contribution in [3.8, 4) is 0 Å². The summed E-state index contributed by atoms with van der Waals surface area (Å²) in [5.74, 6) is 0. The van der Waals surface area contributed by atoms with Crippen LogP contribution >= 0.6 is 0 Å². The Bertz CT molecular complexity index is 186. The van der Waals surface area contributed by atoms with E-state index in [9.17, 15) is 0 Å². The van der Waals surface area contributed by atoms with Crippen molar-refractivity contribution in [1.82, 2.24) is 5.32 Å². The summed E-state index contributed by atoms with van der Waals surface area (Å²) in [6, 6.07) is 0. The zero-order chi connectivity index (χ0) is 10.4. The van der Waals surface area contributed by atoms with Gasteiger partial charge in [0.05, 0.1) is 0 Å². The van der Waals surface area contributed by atoms with Crippen molar-refractivity contribution in [2.24, 2.45) is 5.41 Å². The number of rotatable bonds is 5. The molecule has 1 nitrogen and oxygen atoms in total. The van der Waals surface area contributed by atoms with Crippen molar-refractivity contribution in [2.45, 2.75) is 52.9 Å². The summed E-state index contributed by atoms with van der Waals surface area (Å²) in [6.07, 6.45) is 9.01. The minimum Gasteiger partial charge on any atom is -0.316 e. The van der Waals surface area contributed by atoms with Crippen LogP contribution in [0.2, 0.25) is 0 Å². The smallest absolute Gasteiger partial charge is 0.00116 e. The molecule has 1 N–H and O–H groups in total. The summed E-state index contributed by atoms with van der Waals surface area (Å²) in [5, 5.41) is 3.53.